The molecule has 1 aromatic carbocycles. The number of aromatic nitrogens is 2. The highest BCUT2D eigenvalue weighted by Crippen LogP contribution is 2.34. The zero-order valence-electron chi connectivity index (χ0n) is 17.2. The van der Waals surface area contributed by atoms with Crippen LogP contribution in [-0.4, -0.2) is 39.6 Å². The topological polar surface area (TPSA) is 49.2 Å². The van der Waals surface area contributed by atoms with Crippen molar-refractivity contribution in [3.8, 4) is 0 Å². The van der Waals surface area contributed by atoms with Crippen LogP contribution in [0.5, 0.6) is 0 Å². The predicted octanol–water partition coefficient (Wildman–Crippen LogP) is 5.70. The summed E-state index contributed by atoms with van der Waals surface area (Å²) < 4.78 is 0.969. The lowest BCUT2D eigenvalue weighted by Crippen LogP contribution is -2.42. The molecule has 3 heterocycles. The molecule has 1 fully saturated rings. The van der Waals surface area contributed by atoms with E-state index in [4.69, 9.17) is 11.6 Å². The molecule has 2 aromatic heterocycles. The summed E-state index contributed by atoms with van der Waals surface area (Å²) in [6.45, 7) is 2.69. The van der Waals surface area contributed by atoms with E-state index in [9.17, 15) is 5.11 Å². The van der Waals surface area contributed by atoms with Crippen molar-refractivity contribution in [3.05, 3.63) is 99.5 Å². The molecule has 3 aromatic rings. The number of hydrogen-bond acceptors (Lipinski definition) is 4. The zero-order chi connectivity index (χ0) is 21.7. The molecule has 0 saturated carbocycles. The van der Waals surface area contributed by atoms with Crippen LogP contribution in [0.2, 0.25) is 5.02 Å². The Morgan fingerprint density at radius 1 is 1.06 bits per heavy atom. The SMILES string of the molecule is OC1(c2ccc(Cl)cc2)CCN(CC/C=C(\c2cccnc2)c2ccncc2Br)CC1. The highest BCUT2D eigenvalue weighted by molar-refractivity contribution is 9.10. The molecule has 160 valence electrons. The van der Waals surface area contributed by atoms with Crippen molar-refractivity contribution < 1.29 is 5.11 Å². The highest BCUT2D eigenvalue weighted by Gasteiger charge is 2.33. The fraction of sp³-hybridized carbons (Fsp3) is 0.280. The summed E-state index contributed by atoms with van der Waals surface area (Å²) in [5, 5.41) is 11.8. The molecule has 4 rings (SSSR count). The van der Waals surface area contributed by atoms with Gasteiger partial charge in [0, 0.05) is 59.5 Å². The average molecular weight is 499 g/mol. The van der Waals surface area contributed by atoms with E-state index in [2.05, 4.69) is 42.9 Å². The summed E-state index contributed by atoms with van der Waals surface area (Å²) in [5.74, 6) is 0. The maximum absolute atomic E-state index is 11.1. The number of aliphatic hydroxyl groups is 1. The number of nitrogens with zero attached hydrogens (tertiary/aromatic N) is 3. The first kappa shape index (κ1) is 22.2. The number of rotatable bonds is 6. The minimum absolute atomic E-state index is 0.696. The van der Waals surface area contributed by atoms with E-state index in [1.807, 2.05) is 55.0 Å². The molecule has 0 unspecified atom stereocenters. The first-order valence-electron chi connectivity index (χ1n) is 10.5. The van der Waals surface area contributed by atoms with Crippen molar-refractivity contribution in [3.63, 3.8) is 0 Å². The highest BCUT2D eigenvalue weighted by atomic mass is 79.9. The van der Waals surface area contributed by atoms with E-state index < -0.39 is 5.60 Å². The molecule has 0 amide bonds. The summed E-state index contributed by atoms with van der Waals surface area (Å²) in [6.07, 6.45) is 12.0. The van der Waals surface area contributed by atoms with Gasteiger partial charge in [0.1, 0.15) is 0 Å². The van der Waals surface area contributed by atoms with Crippen LogP contribution in [0.1, 0.15) is 36.0 Å². The van der Waals surface area contributed by atoms with E-state index >= 15 is 0 Å². The minimum Gasteiger partial charge on any atom is -0.385 e. The number of likely N-dealkylation sites (tertiary alicyclic amines) is 1. The van der Waals surface area contributed by atoms with Gasteiger partial charge >= 0.3 is 0 Å². The largest absolute Gasteiger partial charge is 0.385 e. The molecule has 0 bridgehead atoms. The van der Waals surface area contributed by atoms with Gasteiger partial charge in [0.05, 0.1) is 5.60 Å². The zero-order valence-corrected chi connectivity index (χ0v) is 19.6. The van der Waals surface area contributed by atoms with Crippen molar-refractivity contribution in [1.82, 2.24) is 14.9 Å². The van der Waals surface area contributed by atoms with Gasteiger partial charge in [-0.1, -0.05) is 35.9 Å². The number of piperidine rings is 1. The van der Waals surface area contributed by atoms with Crippen LogP contribution >= 0.6 is 27.5 Å². The molecule has 6 heteroatoms. The van der Waals surface area contributed by atoms with Crippen LogP contribution < -0.4 is 0 Å². The van der Waals surface area contributed by atoms with E-state index in [1.54, 1.807) is 6.20 Å². The van der Waals surface area contributed by atoms with Gasteiger partial charge < -0.3 is 10.0 Å². The van der Waals surface area contributed by atoms with Crippen LogP contribution in [0.4, 0.5) is 0 Å². The van der Waals surface area contributed by atoms with Gasteiger partial charge in [-0.15, -0.1) is 0 Å². The van der Waals surface area contributed by atoms with Crippen LogP contribution in [0, 0.1) is 0 Å². The van der Waals surface area contributed by atoms with Gasteiger partial charge in [-0.2, -0.15) is 0 Å². The summed E-state index contributed by atoms with van der Waals surface area (Å²) in [4.78, 5) is 10.9. The summed E-state index contributed by atoms with van der Waals surface area (Å²) >= 11 is 9.63. The molecular formula is C25H25BrClN3O. The first-order valence-corrected chi connectivity index (χ1v) is 11.6. The van der Waals surface area contributed by atoms with Gasteiger partial charge in [-0.25, -0.2) is 0 Å². The normalized spacial score (nSPS) is 16.9. The Morgan fingerprint density at radius 2 is 1.81 bits per heavy atom. The smallest absolute Gasteiger partial charge is 0.0920 e. The second-order valence-electron chi connectivity index (χ2n) is 7.88. The Labute approximate surface area is 196 Å². The van der Waals surface area contributed by atoms with Crippen LogP contribution in [0.15, 0.2) is 77.8 Å². The summed E-state index contributed by atoms with van der Waals surface area (Å²) in [6, 6.07) is 13.6. The van der Waals surface area contributed by atoms with Gasteiger partial charge in [-0.3, -0.25) is 9.97 Å². The van der Waals surface area contributed by atoms with Gasteiger partial charge in [0.15, 0.2) is 0 Å². The first-order chi connectivity index (χ1) is 15.0. The lowest BCUT2D eigenvalue weighted by atomic mass is 9.84. The van der Waals surface area contributed by atoms with Crippen LogP contribution in [0.25, 0.3) is 5.57 Å². The van der Waals surface area contributed by atoms with Crippen molar-refractivity contribution in [1.29, 1.82) is 0 Å². The number of pyridine rings is 2. The summed E-state index contributed by atoms with van der Waals surface area (Å²) in [5.41, 5.74) is 3.54. The van der Waals surface area contributed by atoms with Crippen LogP contribution in [-0.2, 0) is 5.60 Å². The molecular weight excluding hydrogens is 474 g/mol. The molecule has 1 saturated heterocycles. The van der Waals surface area contributed by atoms with E-state index in [0.717, 1.165) is 65.6 Å². The Bertz CT molecular complexity index is 1030. The van der Waals surface area contributed by atoms with Gasteiger partial charge in [0.2, 0.25) is 0 Å². The molecule has 0 aliphatic carbocycles. The van der Waals surface area contributed by atoms with E-state index in [1.165, 1.54) is 0 Å². The monoisotopic (exact) mass is 497 g/mol. The third kappa shape index (κ3) is 5.42. The van der Waals surface area contributed by atoms with Crippen molar-refractivity contribution >= 4 is 33.1 Å². The Morgan fingerprint density at radius 3 is 2.48 bits per heavy atom. The Hall–Kier alpha value is -2.05. The molecule has 0 atom stereocenters. The standard InChI is InChI=1S/C25H25BrClN3O/c26-24-18-29-13-9-23(24)22(19-3-1-12-28-17-19)4-2-14-30-15-10-25(31,11-16-30)20-5-7-21(27)8-6-20/h1,3-9,12-13,17-18,31H,2,10-11,14-16H2/b22-4+. The Balaban J connectivity index is 1.42. The summed E-state index contributed by atoms with van der Waals surface area (Å²) in [7, 11) is 0. The van der Waals surface area contributed by atoms with Gasteiger partial charge in [-0.05, 0) is 76.2 Å². The van der Waals surface area contributed by atoms with Crippen molar-refractivity contribution in [2.24, 2.45) is 0 Å². The predicted molar refractivity (Wildman–Crippen MR) is 129 cm³/mol. The average Bonchev–Trinajstić information content (AvgIpc) is 2.80. The van der Waals surface area contributed by atoms with Crippen molar-refractivity contribution in [2.75, 3.05) is 19.6 Å². The third-order valence-corrected chi connectivity index (χ3v) is 6.78. The lowest BCUT2D eigenvalue weighted by molar-refractivity contribution is -0.0254. The van der Waals surface area contributed by atoms with Crippen molar-refractivity contribution in [2.45, 2.75) is 24.9 Å². The molecule has 1 N–H and O–H groups in total. The quantitative estimate of drug-likeness (QED) is 0.474. The number of hydrogen-bond donors (Lipinski definition) is 1. The Kier molecular flexibility index (Phi) is 7.18. The molecule has 31 heavy (non-hydrogen) atoms. The maximum atomic E-state index is 11.1. The number of benzene rings is 1. The second-order valence-corrected chi connectivity index (χ2v) is 9.17. The van der Waals surface area contributed by atoms with Gasteiger partial charge in [0.25, 0.3) is 0 Å². The fourth-order valence-electron chi connectivity index (χ4n) is 4.09. The van der Waals surface area contributed by atoms with E-state index in [0.29, 0.717) is 5.02 Å². The molecule has 4 nitrogen and oxygen atoms in total. The minimum atomic E-state index is -0.764. The fourth-order valence-corrected chi connectivity index (χ4v) is 4.68. The van der Waals surface area contributed by atoms with E-state index in [-0.39, 0.29) is 0 Å². The third-order valence-electron chi connectivity index (χ3n) is 5.89. The molecule has 0 spiro atoms. The lowest BCUT2D eigenvalue weighted by Gasteiger charge is -2.38. The molecule has 1 aliphatic rings. The number of halogens is 2. The maximum Gasteiger partial charge on any atom is 0.0920 e. The molecule has 0 radical (unpaired) electrons. The molecule has 1 aliphatic heterocycles. The second kappa shape index (κ2) is 10.0. The van der Waals surface area contributed by atoms with Crippen LogP contribution in [0.3, 0.4) is 0 Å².